The van der Waals surface area contributed by atoms with Crippen molar-refractivity contribution in [1.29, 1.82) is 0 Å². The van der Waals surface area contributed by atoms with Crippen molar-refractivity contribution in [1.82, 2.24) is 4.90 Å². The van der Waals surface area contributed by atoms with Crippen LogP contribution in [0, 0.1) is 11.3 Å². The minimum atomic E-state index is -0.752. The highest BCUT2D eigenvalue weighted by molar-refractivity contribution is 5.74. The average molecular weight is 303 g/mol. The van der Waals surface area contributed by atoms with Crippen LogP contribution in [0.3, 0.4) is 0 Å². The van der Waals surface area contributed by atoms with Crippen molar-refractivity contribution in [3.8, 4) is 0 Å². The summed E-state index contributed by atoms with van der Waals surface area (Å²) < 4.78 is 10.2. The summed E-state index contributed by atoms with van der Waals surface area (Å²) in [6.45, 7) is 7.00. The lowest BCUT2D eigenvalue weighted by molar-refractivity contribution is -0.151. The summed E-state index contributed by atoms with van der Waals surface area (Å²) in [5.74, 6) is -0.636. The van der Waals surface area contributed by atoms with Gasteiger partial charge in [0.1, 0.15) is 0 Å². The van der Waals surface area contributed by atoms with E-state index in [9.17, 15) is 15.0 Å². The Morgan fingerprint density at radius 3 is 2.76 bits per heavy atom. The predicted molar refractivity (Wildman–Crippen MR) is 79.3 cm³/mol. The van der Waals surface area contributed by atoms with Gasteiger partial charge in [-0.15, -0.1) is 0 Å². The minimum Gasteiger partial charge on any atom is -0.481 e. The molecular weight excluding hydrogens is 274 g/mol. The first-order valence-corrected chi connectivity index (χ1v) is 7.58. The van der Waals surface area contributed by atoms with Gasteiger partial charge in [-0.05, 0) is 39.2 Å². The van der Waals surface area contributed by atoms with Gasteiger partial charge in [-0.2, -0.15) is 0 Å². The number of hydrogen-bond donors (Lipinski definition) is 2. The molecule has 1 aliphatic rings. The average Bonchev–Trinajstić information content (AvgIpc) is 2.43. The highest BCUT2D eigenvalue weighted by Gasteiger charge is 2.39. The van der Waals surface area contributed by atoms with E-state index >= 15 is 0 Å². The first kappa shape index (κ1) is 18.4. The third kappa shape index (κ3) is 5.90. The summed E-state index contributed by atoms with van der Waals surface area (Å²) in [7, 11) is 1.61. The molecule has 21 heavy (non-hydrogen) atoms. The second-order valence-corrected chi connectivity index (χ2v) is 6.35. The Kier molecular flexibility index (Phi) is 7.59. The zero-order valence-corrected chi connectivity index (χ0v) is 13.4. The maximum Gasteiger partial charge on any atom is 0.309 e. The molecule has 1 heterocycles. The number of carboxylic acid groups (broad SMARTS) is 1. The molecule has 2 N–H and O–H groups in total. The standard InChI is InChI=1S/C15H29NO5/c1-15(2,14(18)19)12-5-4-6-16(9-12)10-13(17)11-21-8-7-20-3/h12-13,17H,4-11H2,1-3H3,(H,18,19). The lowest BCUT2D eigenvalue weighted by atomic mass is 9.74. The van der Waals surface area contributed by atoms with Crippen molar-refractivity contribution in [3.05, 3.63) is 0 Å². The number of ether oxygens (including phenoxy) is 2. The van der Waals surface area contributed by atoms with Crippen LogP contribution in [-0.2, 0) is 14.3 Å². The molecule has 6 heteroatoms. The van der Waals surface area contributed by atoms with Crippen LogP contribution < -0.4 is 0 Å². The fraction of sp³-hybridized carbons (Fsp3) is 0.933. The van der Waals surface area contributed by atoms with Crippen LogP contribution in [-0.4, -0.2) is 73.8 Å². The normalized spacial score (nSPS) is 22.2. The number of hydrogen-bond acceptors (Lipinski definition) is 5. The first-order chi connectivity index (χ1) is 9.87. The minimum absolute atomic E-state index is 0.116. The van der Waals surface area contributed by atoms with Crippen LogP contribution in [0.15, 0.2) is 0 Å². The zero-order chi connectivity index (χ0) is 15.9. The molecule has 6 nitrogen and oxygen atoms in total. The van der Waals surface area contributed by atoms with Crippen molar-refractivity contribution >= 4 is 5.97 Å². The maximum atomic E-state index is 11.4. The number of aliphatic hydroxyl groups excluding tert-OH is 1. The number of carboxylic acids is 1. The Morgan fingerprint density at radius 1 is 1.43 bits per heavy atom. The fourth-order valence-electron chi connectivity index (χ4n) is 2.70. The summed E-state index contributed by atoms with van der Waals surface area (Å²) in [5.41, 5.74) is -0.724. The summed E-state index contributed by atoms with van der Waals surface area (Å²) >= 11 is 0. The number of aliphatic hydroxyl groups is 1. The van der Waals surface area contributed by atoms with Gasteiger partial charge < -0.3 is 24.6 Å². The maximum absolute atomic E-state index is 11.4. The molecule has 0 amide bonds. The van der Waals surface area contributed by atoms with E-state index in [2.05, 4.69) is 4.90 Å². The summed E-state index contributed by atoms with van der Waals surface area (Å²) in [6.07, 6.45) is 1.35. The molecule has 0 saturated carbocycles. The van der Waals surface area contributed by atoms with E-state index in [0.717, 1.165) is 19.4 Å². The van der Waals surface area contributed by atoms with E-state index in [4.69, 9.17) is 9.47 Å². The van der Waals surface area contributed by atoms with Gasteiger partial charge in [0.05, 0.1) is 31.3 Å². The molecule has 1 saturated heterocycles. The Morgan fingerprint density at radius 2 is 2.14 bits per heavy atom. The highest BCUT2D eigenvalue weighted by atomic mass is 16.5. The van der Waals surface area contributed by atoms with Gasteiger partial charge in [0.2, 0.25) is 0 Å². The van der Waals surface area contributed by atoms with Crippen LogP contribution in [0.1, 0.15) is 26.7 Å². The Labute approximate surface area is 127 Å². The molecule has 1 rings (SSSR count). The highest BCUT2D eigenvalue weighted by Crippen LogP contribution is 2.34. The van der Waals surface area contributed by atoms with Crippen LogP contribution in [0.2, 0.25) is 0 Å². The number of carbonyl (C=O) groups is 1. The molecule has 1 aliphatic heterocycles. The molecule has 1 fully saturated rings. The number of β-amino-alcohol motifs (C(OH)–C–C–N with tert-alkyl or cyclic N) is 1. The second kappa shape index (κ2) is 8.68. The Hall–Kier alpha value is -0.690. The zero-order valence-electron chi connectivity index (χ0n) is 13.4. The number of nitrogens with zero attached hydrogens (tertiary/aromatic N) is 1. The van der Waals surface area contributed by atoms with Crippen molar-refractivity contribution in [3.63, 3.8) is 0 Å². The monoisotopic (exact) mass is 303 g/mol. The van der Waals surface area contributed by atoms with Crippen LogP contribution in [0.5, 0.6) is 0 Å². The molecule has 0 aromatic rings. The Balaban J connectivity index is 2.37. The molecule has 0 aromatic carbocycles. The fourth-order valence-corrected chi connectivity index (χ4v) is 2.70. The van der Waals surface area contributed by atoms with E-state index in [1.165, 1.54) is 0 Å². The second-order valence-electron chi connectivity index (χ2n) is 6.35. The molecular formula is C15H29NO5. The quantitative estimate of drug-likeness (QED) is 0.614. The van der Waals surface area contributed by atoms with Gasteiger partial charge in [0.25, 0.3) is 0 Å². The summed E-state index contributed by atoms with van der Waals surface area (Å²) in [4.78, 5) is 13.5. The number of likely N-dealkylation sites (tertiary alicyclic amines) is 1. The predicted octanol–water partition coefficient (Wildman–Crippen LogP) is 0.833. The van der Waals surface area contributed by atoms with E-state index in [-0.39, 0.29) is 12.5 Å². The topological polar surface area (TPSA) is 79.2 Å². The molecule has 0 aliphatic carbocycles. The number of methoxy groups -OCH3 is 1. The van der Waals surface area contributed by atoms with Crippen LogP contribution in [0.4, 0.5) is 0 Å². The van der Waals surface area contributed by atoms with Crippen molar-refractivity contribution in [2.24, 2.45) is 11.3 Å². The number of aliphatic carboxylic acids is 1. The van der Waals surface area contributed by atoms with Gasteiger partial charge in [-0.1, -0.05) is 0 Å². The third-order valence-corrected chi connectivity index (χ3v) is 4.29. The third-order valence-electron chi connectivity index (χ3n) is 4.29. The Bertz CT molecular complexity index is 321. The van der Waals surface area contributed by atoms with E-state index < -0.39 is 17.5 Å². The molecule has 0 radical (unpaired) electrons. The number of rotatable bonds is 9. The summed E-state index contributed by atoms with van der Waals surface area (Å²) in [6, 6.07) is 0. The molecule has 2 unspecified atom stereocenters. The SMILES string of the molecule is COCCOCC(O)CN1CCCC(C(C)(C)C(=O)O)C1. The summed E-state index contributed by atoms with van der Waals surface area (Å²) in [5, 5.41) is 19.3. The van der Waals surface area contributed by atoms with E-state index in [1.807, 2.05) is 0 Å². The molecule has 0 aromatic heterocycles. The number of piperidine rings is 1. The first-order valence-electron chi connectivity index (χ1n) is 7.58. The van der Waals surface area contributed by atoms with Gasteiger partial charge in [0.15, 0.2) is 0 Å². The van der Waals surface area contributed by atoms with Gasteiger partial charge in [0, 0.05) is 20.2 Å². The van der Waals surface area contributed by atoms with E-state index in [1.54, 1.807) is 21.0 Å². The van der Waals surface area contributed by atoms with Crippen LogP contribution >= 0.6 is 0 Å². The lowest BCUT2D eigenvalue weighted by Gasteiger charge is -2.39. The van der Waals surface area contributed by atoms with Crippen molar-refractivity contribution in [2.45, 2.75) is 32.8 Å². The molecule has 0 spiro atoms. The van der Waals surface area contributed by atoms with Gasteiger partial charge >= 0.3 is 5.97 Å². The van der Waals surface area contributed by atoms with Gasteiger partial charge in [-0.3, -0.25) is 4.79 Å². The van der Waals surface area contributed by atoms with Crippen LogP contribution in [0.25, 0.3) is 0 Å². The smallest absolute Gasteiger partial charge is 0.309 e. The molecule has 124 valence electrons. The van der Waals surface area contributed by atoms with Gasteiger partial charge in [-0.25, -0.2) is 0 Å². The van der Waals surface area contributed by atoms with E-state index in [0.29, 0.717) is 26.3 Å². The van der Waals surface area contributed by atoms with Crippen molar-refractivity contribution in [2.75, 3.05) is 46.6 Å². The van der Waals surface area contributed by atoms with Crippen molar-refractivity contribution < 1.29 is 24.5 Å². The largest absolute Gasteiger partial charge is 0.481 e. The molecule has 2 atom stereocenters. The lowest BCUT2D eigenvalue weighted by Crippen LogP contribution is -2.47. The molecule has 0 bridgehead atoms.